The van der Waals surface area contributed by atoms with Crippen molar-refractivity contribution in [1.82, 2.24) is 4.90 Å². The fourth-order valence-electron chi connectivity index (χ4n) is 1.97. The third-order valence-electron chi connectivity index (χ3n) is 3.05. The quantitative estimate of drug-likeness (QED) is 0.835. The van der Waals surface area contributed by atoms with Gasteiger partial charge in [0, 0.05) is 30.6 Å². The Morgan fingerprint density at radius 1 is 1.47 bits per heavy atom. The number of carbonyl (C=O) groups is 1. The molecule has 1 atom stereocenters. The molecule has 4 heteroatoms. The van der Waals surface area contributed by atoms with Crippen molar-refractivity contribution in [3.63, 3.8) is 0 Å². The first kappa shape index (κ1) is 16.0. The van der Waals surface area contributed by atoms with E-state index in [2.05, 4.69) is 0 Å². The molecular weight excluding hydrogens is 260 g/mol. The van der Waals surface area contributed by atoms with E-state index >= 15 is 0 Å². The van der Waals surface area contributed by atoms with Gasteiger partial charge in [-0.25, -0.2) is 0 Å². The molecule has 3 nitrogen and oxygen atoms in total. The van der Waals surface area contributed by atoms with E-state index in [1.165, 1.54) is 0 Å². The number of rotatable bonds is 7. The average molecular weight is 283 g/mol. The van der Waals surface area contributed by atoms with Crippen molar-refractivity contribution in [2.45, 2.75) is 45.7 Å². The van der Waals surface area contributed by atoms with Crippen LogP contribution < -0.4 is 5.73 Å². The highest BCUT2D eigenvalue weighted by molar-refractivity contribution is 6.30. The Balaban J connectivity index is 2.50. The highest BCUT2D eigenvalue weighted by atomic mass is 35.5. The van der Waals surface area contributed by atoms with Crippen LogP contribution in [0.3, 0.4) is 0 Å². The molecule has 0 aliphatic heterocycles. The number of carbonyl (C=O) groups excluding carboxylic acids is 1. The molecule has 0 bridgehead atoms. The van der Waals surface area contributed by atoms with Crippen molar-refractivity contribution < 1.29 is 4.79 Å². The maximum atomic E-state index is 12.1. The first-order valence-corrected chi connectivity index (χ1v) is 7.18. The zero-order valence-corrected chi connectivity index (χ0v) is 12.5. The number of hydrogen-bond acceptors (Lipinski definition) is 2. The number of nitrogens with two attached hydrogens (primary N) is 1. The van der Waals surface area contributed by atoms with Gasteiger partial charge in [0.15, 0.2) is 0 Å². The summed E-state index contributed by atoms with van der Waals surface area (Å²) in [6, 6.07) is 7.80. The molecule has 106 valence electrons. The Hall–Kier alpha value is -1.06. The van der Waals surface area contributed by atoms with Crippen LogP contribution in [0.5, 0.6) is 0 Å². The van der Waals surface area contributed by atoms with E-state index in [-0.39, 0.29) is 11.9 Å². The normalized spacial score (nSPS) is 12.2. The largest absolute Gasteiger partial charge is 0.339 e. The van der Waals surface area contributed by atoms with Gasteiger partial charge in [-0.3, -0.25) is 4.79 Å². The summed E-state index contributed by atoms with van der Waals surface area (Å²) in [6.07, 6.45) is 2.30. The van der Waals surface area contributed by atoms with E-state index in [0.29, 0.717) is 24.5 Å². The highest BCUT2D eigenvalue weighted by Crippen LogP contribution is 2.13. The van der Waals surface area contributed by atoms with Crippen LogP contribution in [0.1, 0.15) is 38.7 Å². The number of benzene rings is 1. The predicted molar refractivity (Wildman–Crippen MR) is 80.0 cm³/mol. The highest BCUT2D eigenvalue weighted by Gasteiger charge is 2.12. The van der Waals surface area contributed by atoms with Crippen molar-refractivity contribution in [2.24, 2.45) is 5.73 Å². The molecule has 0 aromatic heterocycles. The summed E-state index contributed by atoms with van der Waals surface area (Å²) in [5.74, 6) is 0.183. The van der Waals surface area contributed by atoms with Crippen molar-refractivity contribution >= 4 is 17.5 Å². The van der Waals surface area contributed by atoms with Crippen LogP contribution >= 0.6 is 11.6 Å². The fourth-order valence-corrected chi connectivity index (χ4v) is 2.18. The molecule has 1 rings (SSSR count). The van der Waals surface area contributed by atoms with Crippen LogP contribution in [0.25, 0.3) is 0 Å². The summed E-state index contributed by atoms with van der Waals surface area (Å²) in [5.41, 5.74) is 6.75. The van der Waals surface area contributed by atoms with Gasteiger partial charge in [-0.1, -0.05) is 23.7 Å². The summed E-state index contributed by atoms with van der Waals surface area (Å²) in [5, 5.41) is 0.706. The average Bonchev–Trinajstić information content (AvgIpc) is 2.35. The third kappa shape index (κ3) is 6.08. The van der Waals surface area contributed by atoms with E-state index in [1.54, 1.807) is 0 Å². The molecule has 0 aliphatic rings. The van der Waals surface area contributed by atoms with Crippen LogP contribution in [-0.2, 0) is 11.3 Å². The molecule has 0 radical (unpaired) electrons. The van der Waals surface area contributed by atoms with Crippen LogP contribution in [0.15, 0.2) is 24.3 Å². The van der Waals surface area contributed by atoms with Gasteiger partial charge in [0.2, 0.25) is 5.91 Å². The SMILES string of the molecule is CCN(Cc1cccc(Cl)c1)C(=O)CCCC(C)N. The van der Waals surface area contributed by atoms with Gasteiger partial charge in [0.25, 0.3) is 0 Å². The first-order chi connectivity index (χ1) is 9.02. The van der Waals surface area contributed by atoms with Crippen LogP contribution in [0, 0.1) is 0 Å². The molecule has 1 aromatic carbocycles. The minimum absolute atomic E-state index is 0.163. The molecule has 1 aromatic rings. The smallest absolute Gasteiger partial charge is 0.222 e. The van der Waals surface area contributed by atoms with Crippen molar-refractivity contribution in [3.05, 3.63) is 34.9 Å². The number of hydrogen-bond donors (Lipinski definition) is 1. The Morgan fingerprint density at radius 3 is 2.79 bits per heavy atom. The van der Waals surface area contributed by atoms with Gasteiger partial charge in [-0.15, -0.1) is 0 Å². The molecule has 0 saturated carbocycles. The van der Waals surface area contributed by atoms with Gasteiger partial charge in [-0.2, -0.15) is 0 Å². The second-order valence-corrected chi connectivity index (χ2v) is 5.34. The van der Waals surface area contributed by atoms with Crippen LogP contribution in [0.2, 0.25) is 5.02 Å². The minimum atomic E-state index is 0.163. The molecule has 0 saturated heterocycles. The van der Waals surface area contributed by atoms with Gasteiger partial charge < -0.3 is 10.6 Å². The summed E-state index contributed by atoms with van der Waals surface area (Å²) in [6.45, 7) is 5.29. The van der Waals surface area contributed by atoms with Gasteiger partial charge in [-0.05, 0) is 44.4 Å². The van der Waals surface area contributed by atoms with E-state index in [0.717, 1.165) is 18.4 Å². The third-order valence-corrected chi connectivity index (χ3v) is 3.28. The Kier molecular flexibility index (Phi) is 6.89. The van der Waals surface area contributed by atoms with E-state index in [9.17, 15) is 4.79 Å². The van der Waals surface area contributed by atoms with E-state index < -0.39 is 0 Å². The van der Waals surface area contributed by atoms with E-state index in [4.69, 9.17) is 17.3 Å². The van der Waals surface area contributed by atoms with Gasteiger partial charge >= 0.3 is 0 Å². The fraction of sp³-hybridized carbons (Fsp3) is 0.533. The van der Waals surface area contributed by atoms with E-state index in [1.807, 2.05) is 43.0 Å². The maximum Gasteiger partial charge on any atom is 0.222 e. The van der Waals surface area contributed by atoms with Crippen LogP contribution in [-0.4, -0.2) is 23.4 Å². The number of halogens is 1. The lowest BCUT2D eigenvalue weighted by Gasteiger charge is -2.21. The number of amides is 1. The lowest BCUT2D eigenvalue weighted by atomic mass is 10.1. The summed E-state index contributed by atoms with van der Waals surface area (Å²) in [7, 11) is 0. The van der Waals surface area contributed by atoms with Gasteiger partial charge in [0.05, 0.1) is 0 Å². The van der Waals surface area contributed by atoms with Crippen LogP contribution in [0.4, 0.5) is 0 Å². The zero-order valence-electron chi connectivity index (χ0n) is 11.7. The van der Waals surface area contributed by atoms with Crippen molar-refractivity contribution in [2.75, 3.05) is 6.54 Å². The first-order valence-electron chi connectivity index (χ1n) is 6.80. The topological polar surface area (TPSA) is 46.3 Å². The van der Waals surface area contributed by atoms with Crippen molar-refractivity contribution in [1.29, 1.82) is 0 Å². The Bertz CT molecular complexity index is 407. The number of nitrogens with zero attached hydrogens (tertiary/aromatic N) is 1. The summed E-state index contributed by atoms with van der Waals surface area (Å²) >= 11 is 5.95. The van der Waals surface area contributed by atoms with Crippen molar-refractivity contribution in [3.8, 4) is 0 Å². The summed E-state index contributed by atoms with van der Waals surface area (Å²) < 4.78 is 0. The maximum absolute atomic E-state index is 12.1. The molecule has 1 unspecified atom stereocenters. The molecule has 19 heavy (non-hydrogen) atoms. The molecular formula is C15H23ClN2O. The molecule has 0 fully saturated rings. The Morgan fingerprint density at radius 2 is 2.21 bits per heavy atom. The minimum Gasteiger partial charge on any atom is -0.339 e. The Labute approximate surface area is 120 Å². The van der Waals surface area contributed by atoms with Gasteiger partial charge in [0.1, 0.15) is 0 Å². The zero-order chi connectivity index (χ0) is 14.3. The molecule has 1 amide bonds. The predicted octanol–water partition coefficient (Wildman–Crippen LogP) is 3.21. The monoisotopic (exact) mass is 282 g/mol. The second kappa shape index (κ2) is 8.18. The standard InChI is InChI=1S/C15H23ClN2O/c1-3-18(15(19)9-4-6-12(2)17)11-13-7-5-8-14(16)10-13/h5,7-8,10,12H,3-4,6,9,11,17H2,1-2H3. The molecule has 0 aliphatic carbocycles. The second-order valence-electron chi connectivity index (χ2n) is 4.91. The molecule has 2 N–H and O–H groups in total. The molecule has 0 spiro atoms. The lowest BCUT2D eigenvalue weighted by Crippen LogP contribution is -2.30. The lowest BCUT2D eigenvalue weighted by molar-refractivity contribution is -0.131. The summed E-state index contributed by atoms with van der Waals surface area (Å²) in [4.78, 5) is 14.0. The molecule has 0 heterocycles.